The number of benzene rings is 1. The van der Waals surface area contributed by atoms with Gasteiger partial charge in [-0.05, 0) is 34.6 Å². The van der Waals surface area contributed by atoms with Gasteiger partial charge in [0.05, 0.1) is 10.2 Å². The van der Waals surface area contributed by atoms with Gasteiger partial charge in [-0.15, -0.1) is 0 Å². The predicted molar refractivity (Wildman–Crippen MR) is 77.6 cm³/mol. The molecule has 20 heavy (non-hydrogen) atoms. The highest BCUT2D eigenvalue weighted by Crippen LogP contribution is 2.37. The van der Waals surface area contributed by atoms with Crippen LogP contribution < -0.4 is 15.4 Å². The van der Waals surface area contributed by atoms with Crippen molar-refractivity contribution >= 4 is 39.1 Å². The lowest BCUT2D eigenvalue weighted by Gasteiger charge is -2.14. The molecular formula is C12H14BrClF2N2O2. The van der Waals surface area contributed by atoms with Gasteiger partial charge in [-0.2, -0.15) is 8.78 Å². The largest absolute Gasteiger partial charge is 0.431 e. The van der Waals surface area contributed by atoms with Crippen LogP contribution in [0.2, 0.25) is 5.02 Å². The molecule has 0 radical (unpaired) electrons. The molecule has 1 aromatic carbocycles. The lowest BCUT2D eigenvalue weighted by atomic mass is 10.2. The Morgan fingerprint density at radius 1 is 1.50 bits per heavy atom. The zero-order chi connectivity index (χ0) is 15.1. The zero-order valence-electron chi connectivity index (χ0n) is 10.7. The molecule has 0 aromatic heterocycles. The number of hydrogen-bond donors (Lipinski definition) is 2. The van der Waals surface area contributed by atoms with Gasteiger partial charge < -0.3 is 15.4 Å². The van der Waals surface area contributed by atoms with E-state index in [0.29, 0.717) is 11.6 Å². The van der Waals surface area contributed by atoms with Crippen LogP contribution in [0.15, 0.2) is 16.6 Å². The highest BCUT2D eigenvalue weighted by Gasteiger charge is 2.16. The van der Waals surface area contributed by atoms with E-state index in [1.165, 1.54) is 12.1 Å². The number of anilines is 1. The molecule has 0 aliphatic carbocycles. The quantitative estimate of drug-likeness (QED) is 0.720. The van der Waals surface area contributed by atoms with Gasteiger partial charge in [0.2, 0.25) is 5.91 Å². The highest BCUT2D eigenvalue weighted by atomic mass is 79.9. The molecule has 0 bridgehead atoms. The summed E-state index contributed by atoms with van der Waals surface area (Å²) in [5.74, 6) is -0.472. The minimum atomic E-state index is -3.00. The molecule has 1 amide bonds. The first kappa shape index (κ1) is 17.1. The van der Waals surface area contributed by atoms with Crippen LogP contribution in [0.3, 0.4) is 0 Å². The van der Waals surface area contributed by atoms with E-state index < -0.39 is 6.61 Å². The Hall–Kier alpha value is -0.920. The molecule has 0 fully saturated rings. The number of halogens is 4. The smallest absolute Gasteiger partial charge is 0.387 e. The van der Waals surface area contributed by atoms with E-state index >= 15 is 0 Å². The van der Waals surface area contributed by atoms with E-state index in [9.17, 15) is 13.6 Å². The second-order valence-corrected chi connectivity index (χ2v) is 5.09. The number of carbonyl (C=O) groups excluding carboxylic acids is 1. The Balaban J connectivity index is 2.84. The van der Waals surface area contributed by atoms with Crippen LogP contribution in [0.4, 0.5) is 14.5 Å². The Morgan fingerprint density at radius 3 is 2.80 bits per heavy atom. The first-order valence-electron chi connectivity index (χ1n) is 5.88. The molecule has 0 heterocycles. The molecule has 1 rings (SSSR count). The van der Waals surface area contributed by atoms with E-state index in [1.807, 2.05) is 6.92 Å². The average molecular weight is 372 g/mol. The summed E-state index contributed by atoms with van der Waals surface area (Å²) in [4.78, 5) is 11.7. The Labute approximate surface area is 128 Å². The molecule has 112 valence electrons. The Kier molecular flexibility index (Phi) is 7.18. The predicted octanol–water partition coefficient (Wildman–Crippen LogP) is 3.64. The first-order chi connectivity index (χ1) is 9.43. The van der Waals surface area contributed by atoms with Crippen molar-refractivity contribution < 1.29 is 18.3 Å². The third-order valence-electron chi connectivity index (χ3n) is 2.27. The molecule has 0 spiro atoms. The van der Waals surface area contributed by atoms with E-state index in [4.69, 9.17) is 11.6 Å². The first-order valence-corrected chi connectivity index (χ1v) is 7.05. The van der Waals surface area contributed by atoms with Crippen LogP contribution in [0.1, 0.15) is 13.3 Å². The Bertz CT molecular complexity index is 475. The topological polar surface area (TPSA) is 50.4 Å². The van der Waals surface area contributed by atoms with Crippen molar-refractivity contribution in [2.75, 3.05) is 18.4 Å². The number of alkyl halides is 2. The summed E-state index contributed by atoms with van der Waals surface area (Å²) in [5, 5.41) is 5.78. The van der Waals surface area contributed by atoms with Crippen molar-refractivity contribution in [2.24, 2.45) is 0 Å². The van der Waals surface area contributed by atoms with Crippen LogP contribution in [0.25, 0.3) is 0 Å². The van der Waals surface area contributed by atoms with Gasteiger partial charge in [0.25, 0.3) is 0 Å². The van der Waals surface area contributed by atoms with E-state index in [2.05, 4.69) is 31.3 Å². The molecule has 0 saturated carbocycles. The van der Waals surface area contributed by atoms with Gasteiger partial charge in [-0.3, -0.25) is 4.79 Å². The third-order valence-corrected chi connectivity index (χ3v) is 3.08. The number of carbonyl (C=O) groups is 1. The summed E-state index contributed by atoms with van der Waals surface area (Å²) < 4.78 is 29.4. The normalized spacial score (nSPS) is 10.7. The maximum absolute atomic E-state index is 12.4. The van der Waals surface area contributed by atoms with E-state index in [-0.39, 0.29) is 28.2 Å². The van der Waals surface area contributed by atoms with E-state index in [0.717, 1.165) is 6.54 Å². The monoisotopic (exact) mass is 370 g/mol. The summed E-state index contributed by atoms with van der Waals surface area (Å²) in [7, 11) is 0. The van der Waals surface area contributed by atoms with Crippen molar-refractivity contribution in [3.8, 4) is 5.75 Å². The van der Waals surface area contributed by atoms with Crippen molar-refractivity contribution in [3.63, 3.8) is 0 Å². The number of amides is 1. The van der Waals surface area contributed by atoms with Gasteiger partial charge in [-0.25, -0.2) is 0 Å². The maximum Gasteiger partial charge on any atom is 0.387 e. The van der Waals surface area contributed by atoms with Crippen LogP contribution in [-0.2, 0) is 4.79 Å². The van der Waals surface area contributed by atoms with Crippen LogP contribution in [0.5, 0.6) is 5.75 Å². The average Bonchev–Trinajstić information content (AvgIpc) is 2.33. The minimum Gasteiger partial charge on any atom is -0.431 e. The molecular weight excluding hydrogens is 357 g/mol. The van der Waals surface area contributed by atoms with Gasteiger partial charge in [-0.1, -0.05) is 18.5 Å². The van der Waals surface area contributed by atoms with Crippen molar-refractivity contribution in [3.05, 3.63) is 21.6 Å². The second kappa shape index (κ2) is 8.39. The van der Waals surface area contributed by atoms with Crippen molar-refractivity contribution in [1.82, 2.24) is 5.32 Å². The fourth-order valence-corrected chi connectivity index (χ4v) is 2.36. The number of rotatable bonds is 7. The zero-order valence-corrected chi connectivity index (χ0v) is 13.0. The van der Waals surface area contributed by atoms with Gasteiger partial charge in [0.1, 0.15) is 0 Å². The lowest BCUT2D eigenvalue weighted by molar-refractivity contribution is -0.116. The number of hydrogen-bond acceptors (Lipinski definition) is 3. The summed E-state index contributed by atoms with van der Waals surface area (Å²) in [6, 6.07) is 2.77. The lowest BCUT2D eigenvalue weighted by Crippen LogP contribution is -2.21. The third kappa shape index (κ3) is 5.60. The molecule has 0 atom stereocenters. The fraction of sp³-hybridized carbons (Fsp3) is 0.417. The van der Waals surface area contributed by atoms with Crippen LogP contribution in [-0.4, -0.2) is 25.6 Å². The maximum atomic E-state index is 12.4. The highest BCUT2D eigenvalue weighted by molar-refractivity contribution is 9.10. The molecule has 4 nitrogen and oxygen atoms in total. The molecule has 8 heteroatoms. The second-order valence-electron chi connectivity index (χ2n) is 3.79. The van der Waals surface area contributed by atoms with Gasteiger partial charge in [0.15, 0.2) is 5.75 Å². The van der Waals surface area contributed by atoms with Gasteiger partial charge in [0, 0.05) is 18.0 Å². The molecule has 1 aromatic rings. The van der Waals surface area contributed by atoms with Crippen molar-refractivity contribution in [1.29, 1.82) is 0 Å². The van der Waals surface area contributed by atoms with E-state index in [1.54, 1.807) is 0 Å². The van der Waals surface area contributed by atoms with Crippen molar-refractivity contribution in [2.45, 2.75) is 20.0 Å². The molecule has 0 saturated heterocycles. The summed E-state index contributed by atoms with van der Waals surface area (Å²) in [6.45, 7) is 0.163. The van der Waals surface area contributed by atoms with Gasteiger partial charge >= 0.3 is 6.61 Å². The molecule has 0 aliphatic heterocycles. The number of nitrogens with one attached hydrogen (secondary N) is 2. The number of ether oxygens (including phenoxy) is 1. The summed E-state index contributed by atoms with van der Waals surface area (Å²) in [5.41, 5.74) is 0.103. The SMILES string of the molecule is CCNCCC(=O)Nc1cc(Cl)cc(Br)c1OC(F)F. The summed E-state index contributed by atoms with van der Waals surface area (Å²) >= 11 is 8.91. The Morgan fingerprint density at radius 2 is 2.20 bits per heavy atom. The summed E-state index contributed by atoms with van der Waals surface area (Å²) in [6.07, 6.45) is 0.214. The van der Waals surface area contributed by atoms with Crippen LogP contribution in [0, 0.1) is 0 Å². The molecule has 0 aliphatic rings. The van der Waals surface area contributed by atoms with Crippen LogP contribution >= 0.6 is 27.5 Å². The molecule has 0 unspecified atom stereocenters. The standard InChI is InChI=1S/C12H14BrClF2N2O2/c1-2-17-4-3-10(19)18-9-6-7(14)5-8(13)11(9)20-12(15)16/h5-6,12,17H,2-4H2,1H3,(H,18,19). The molecule has 2 N–H and O–H groups in total. The minimum absolute atomic E-state index is 0.103. The fourth-order valence-electron chi connectivity index (χ4n) is 1.45.